The first-order chi connectivity index (χ1) is 16.7. The van der Waals surface area contributed by atoms with E-state index >= 15 is 0 Å². The SMILES string of the molecule is O=C(O)C(Cc1c[nH]c2ccccc12)Nc1nc(-c2ccccc2)nc2c1oc1ccccc12. The van der Waals surface area contributed by atoms with Crippen molar-refractivity contribution in [2.24, 2.45) is 0 Å². The molecule has 3 aromatic carbocycles. The number of rotatable bonds is 6. The lowest BCUT2D eigenvalue weighted by Crippen LogP contribution is -2.32. The molecule has 0 saturated carbocycles. The van der Waals surface area contributed by atoms with Gasteiger partial charge in [0.15, 0.2) is 17.2 Å². The van der Waals surface area contributed by atoms with Crippen molar-refractivity contribution in [2.45, 2.75) is 12.5 Å². The van der Waals surface area contributed by atoms with Crippen molar-refractivity contribution in [1.29, 1.82) is 0 Å². The molecular formula is C27H20N4O3. The van der Waals surface area contributed by atoms with E-state index in [-0.39, 0.29) is 6.42 Å². The largest absolute Gasteiger partial charge is 0.480 e. The van der Waals surface area contributed by atoms with Crippen molar-refractivity contribution in [3.05, 3.63) is 90.6 Å². The molecule has 0 aliphatic heterocycles. The summed E-state index contributed by atoms with van der Waals surface area (Å²) in [5.41, 5.74) is 4.46. The molecule has 6 rings (SSSR count). The van der Waals surface area contributed by atoms with Gasteiger partial charge in [0.25, 0.3) is 0 Å². The normalized spacial score (nSPS) is 12.4. The van der Waals surface area contributed by atoms with Gasteiger partial charge in [-0.1, -0.05) is 60.7 Å². The van der Waals surface area contributed by atoms with Gasteiger partial charge in [-0.2, -0.15) is 0 Å². The molecular weight excluding hydrogens is 428 g/mol. The highest BCUT2D eigenvalue weighted by Gasteiger charge is 2.24. The predicted molar refractivity (Wildman–Crippen MR) is 132 cm³/mol. The third kappa shape index (κ3) is 3.44. The fourth-order valence-corrected chi connectivity index (χ4v) is 4.29. The zero-order chi connectivity index (χ0) is 23.1. The predicted octanol–water partition coefficient (Wildman–Crippen LogP) is 5.63. The van der Waals surface area contributed by atoms with Crippen LogP contribution in [0.15, 0.2) is 89.5 Å². The molecule has 1 unspecified atom stereocenters. The number of hydrogen-bond acceptors (Lipinski definition) is 5. The fourth-order valence-electron chi connectivity index (χ4n) is 4.29. The van der Waals surface area contributed by atoms with Crippen LogP contribution in [0.4, 0.5) is 5.82 Å². The van der Waals surface area contributed by atoms with Gasteiger partial charge < -0.3 is 19.8 Å². The van der Waals surface area contributed by atoms with Crippen LogP contribution < -0.4 is 5.32 Å². The van der Waals surface area contributed by atoms with Gasteiger partial charge in [0.1, 0.15) is 17.1 Å². The highest BCUT2D eigenvalue weighted by Crippen LogP contribution is 2.33. The van der Waals surface area contributed by atoms with Gasteiger partial charge in [-0.15, -0.1) is 0 Å². The minimum atomic E-state index is -0.977. The molecule has 7 heteroatoms. The van der Waals surface area contributed by atoms with Crippen molar-refractivity contribution in [3.63, 3.8) is 0 Å². The number of furan rings is 1. The number of nitrogens with zero attached hydrogens (tertiary/aromatic N) is 2. The van der Waals surface area contributed by atoms with Crippen LogP contribution in [-0.4, -0.2) is 32.1 Å². The number of para-hydroxylation sites is 2. The first-order valence-corrected chi connectivity index (χ1v) is 11.0. The van der Waals surface area contributed by atoms with E-state index in [4.69, 9.17) is 14.4 Å². The average molecular weight is 448 g/mol. The minimum Gasteiger partial charge on any atom is -0.480 e. The van der Waals surface area contributed by atoms with E-state index in [0.29, 0.717) is 28.3 Å². The standard InChI is InChI=1S/C27H20N4O3/c32-27(33)21(14-17-15-28-20-12-6-4-10-18(17)20)29-26-24-23(19-11-5-7-13-22(19)34-24)30-25(31-26)16-8-2-1-3-9-16/h1-13,15,21,28H,14H2,(H,32,33)(H,29,30,31). The molecule has 0 spiro atoms. The first-order valence-electron chi connectivity index (χ1n) is 11.0. The van der Waals surface area contributed by atoms with E-state index in [0.717, 1.165) is 27.4 Å². The molecule has 3 N–H and O–H groups in total. The molecule has 34 heavy (non-hydrogen) atoms. The lowest BCUT2D eigenvalue weighted by Gasteiger charge is -2.15. The van der Waals surface area contributed by atoms with E-state index in [1.807, 2.05) is 85.1 Å². The Labute approximate surface area is 194 Å². The van der Waals surface area contributed by atoms with Crippen LogP contribution in [0.25, 0.3) is 44.4 Å². The summed E-state index contributed by atoms with van der Waals surface area (Å²) in [6.07, 6.45) is 2.13. The second kappa shape index (κ2) is 8.04. The molecule has 6 aromatic rings. The Bertz CT molecular complexity index is 1650. The summed E-state index contributed by atoms with van der Waals surface area (Å²) < 4.78 is 6.07. The number of carboxylic acids is 1. The molecule has 0 bridgehead atoms. The Hall–Kier alpha value is -4.65. The van der Waals surface area contributed by atoms with Gasteiger partial charge in [0.2, 0.25) is 0 Å². The Morgan fingerprint density at radius 3 is 2.50 bits per heavy atom. The third-order valence-corrected chi connectivity index (χ3v) is 5.96. The Morgan fingerprint density at radius 1 is 0.941 bits per heavy atom. The van der Waals surface area contributed by atoms with E-state index in [1.165, 1.54) is 0 Å². The van der Waals surface area contributed by atoms with Crippen molar-refractivity contribution >= 4 is 44.8 Å². The second-order valence-electron chi connectivity index (χ2n) is 8.14. The van der Waals surface area contributed by atoms with Crippen LogP contribution in [0.2, 0.25) is 0 Å². The summed E-state index contributed by atoms with van der Waals surface area (Å²) >= 11 is 0. The van der Waals surface area contributed by atoms with Crippen LogP contribution >= 0.6 is 0 Å². The zero-order valence-electron chi connectivity index (χ0n) is 18.0. The maximum Gasteiger partial charge on any atom is 0.326 e. The Balaban J connectivity index is 1.47. The number of aliphatic carboxylic acids is 1. The summed E-state index contributed by atoms with van der Waals surface area (Å²) in [6.45, 7) is 0. The zero-order valence-corrected chi connectivity index (χ0v) is 18.0. The van der Waals surface area contributed by atoms with Gasteiger partial charge in [-0.25, -0.2) is 14.8 Å². The van der Waals surface area contributed by atoms with Gasteiger partial charge in [-0.3, -0.25) is 0 Å². The van der Waals surface area contributed by atoms with Gasteiger partial charge in [0, 0.05) is 34.5 Å². The number of carboxylic acid groups (broad SMARTS) is 1. The van der Waals surface area contributed by atoms with Crippen LogP contribution in [0.5, 0.6) is 0 Å². The maximum absolute atomic E-state index is 12.3. The third-order valence-electron chi connectivity index (χ3n) is 5.96. The molecule has 0 saturated heterocycles. The Kier molecular flexibility index (Phi) is 4.73. The number of anilines is 1. The quantitative estimate of drug-likeness (QED) is 0.305. The summed E-state index contributed by atoms with van der Waals surface area (Å²) in [5.74, 6) is -0.125. The highest BCUT2D eigenvalue weighted by molar-refractivity contribution is 6.06. The van der Waals surface area contributed by atoms with E-state index in [2.05, 4.69) is 10.3 Å². The van der Waals surface area contributed by atoms with Crippen molar-refractivity contribution in [3.8, 4) is 11.4 Å². The second-order valence-corrected chi connectivity index (χ2v) is 8.14. The number of hydrogen-bond donors (Lipinski definition) is 3. The van der Waals surface area contributed by atoms with Crippen molar-refractivity contribution in [1.82, 2.24) is 15.0 Å². The van der Waals surface area contributed by atoms with Crippen LogP contribution in [0, 0.1) is 0 Å². The number of benzene rings is 3. The van der Waals surface area contributed by atoms with Gasteiger partial charge in [-0.05, 0) is 23.8 Å². The lowest BCUT2D eigenvalue weighted by atomic mass is 10.0. The first kappa shape index (κ1) is 20.0. The minimum absolute atomic E-state index is 0.270. The molecule has 0 fully saturated rings. The average Bonchev–Trinajstić information content (AvgIpc) is 3.45. The molecule has 166 valence electrons. The summed E-state index contributed by atoms with van der Waals surface area (Å²) in [4.78, 5) is 25.0. The highest BCUT2D eigenvalue weighted by atomic mass is 16.4. The number of aromatic amines is 1. The van der Waals surface area contributed by atoms with Crippen LogP contribution in [0.1, 0.15) is 5.56 Å². The molecule has 0 aliphatic carbocycles. The lowest BCUT2D eigenvalue weighted by molar-refractivity contribution is -0.137. The Morgan fingerprint density at radius 2 is 1.68 bits per heavy atom. The molecule has 0 radical (unpaired) electrons. The molecule has 1 atom stereocenters. The summed E-state index contributed by atoms with van der Waals surface area (Å²) in [6, 6.07) is 24.1. The number of fused-ring (bicyclic) bond motifs is 4. The number of nitrogens with one attached hydrogen (secondary N) is 2. The summed E-state index contributed by atoms with van der Waals surface area (Å²) in [5, 5.41) is 15.0. The fraction of sp³-hybridized carbons (Fsp3) is 0.0741. The number of aromatic nitrogens is 3. The molecule has 0 aliphatic rings. The molecule has 0 amide bonds. The van der Waals surface area contributed by atoms with Crippen molar-refractivity contribution in [2.75, 3.05) is 5.32 Å². The van der Waals surface area contributed by atoms with Gasteiger partial charge >= 0.3 is 5.97 Å². The number of H-pyrrole nitrogens is 1. The molecule has 7 nitrogen and oxygen atoms in total. The van der Waals surface area contributed by atoms with E-state index < -0.39 is 12.0 Å². The van der Waals surface area contributed by atoms with E-state index in [9.17, 15) is 9.90 Å². The summed E-state index contributed by atoms with van der Waals surface area (Å²) in [7, 11) is 0. The topological polar surface area (TPSA) is 104 Å². The van der Waals surface area contributed by atoms with E-state index in [1.54, 1.807) is 0 Å². The number of carbonyl (C=O) groups is 1. The monoisotopic (exact) mass is 448 g/mol. The van der Waals surface area contributed by atoms with Crippen LogP contribution in [0.3, 0.4) is 0 Å². The van der Waals surface area contributed by atoms with Crippen molar-refractivity contribution < 1.29 is 14.3 Å². The smallest absolute Gasteiger partial charge is 0.326 e. The molecule has 3 aromatic heterocycles. The van der Waals surface area contributed by atoms with Crippen LogP contribution in [-0.2, 0) is 11.2 Å². The maximum atomic E-state index is 12.3. The molecule has 3 heterocycles. The van der Waals surface area contributed by atoms with Gasteiger partial charge in [0.05, 0.1) is 0 Å².